The Kier molecular flexibility index (Phi) is 9.09. The highest BCUT2D eigenvalue weighted by molar-refractivity contribution is 5.89. The molecular weight excluding hydrogens is 456 g/mol. The molecule has 1 atom stereocenters. The van der Waals surface area contributed by atoms with Gasteiger partial charge in [0.25, 0.3) is 0 Å². The monoisotopic (exact) mass is 492 g/mol. The van der Waals surface area contributed by atoms with Crippen LogP contribution in [0.1, 0.15) is 42.0 Å². The lowest BCUT2D eigenvalue weighted by Crippen LogP contribution is -2.50. The van der Waals surface area contributed by atoms with Gasteiger partial charge in [-0.3, -0.25) is 9.59 Å². The minimum atomic E-state index is -0.588. The molecule has 0 fully saturated rings. The van der Waals surface area contributed by atoms with Gasteiger partial charge in [-0.05, 0) is 47.2 Å². The largest absolute Gasteiger partial charge is 0.354 e. The number of carbonyl (C=O) groups excluding carboxylic acids is 2. The molecule has 0 spiro atoms. The normalized spacial score (nSPS) is 11.7. The fraction of sp³-hybridized carbons (Fsp3) is 0.273. The Morgan fingerprint density at radius 2 is 1.51 bits per heavy atom. The van der Waals surface area contributed by atoms with Crippen molar-refractivity contribution in [3.8, 4) is 0 Å². The van der Waals surface area contributed by atoms with Crippen molar-refractivity contribution in [1.29, 1.82) is 0 Å². The van der Waals surface area contributed by atoms with E-state index >= 15 is 0 Å². The predicted octanol–water partition coefficient (Wildman–Crippen LogP) is 6.25. The Morgan fingerprint density at radius 3 is 2.27 bits per heavy atom. The van der Waals surface area contributed by atoms with E-state index in [1.807, 2.05) is 74.5 Å². The van der Waals surface area contributed by atoms with Gasteiger partial charge in [-0.25, -0.2) is 0 Å². The van der Waals surface area contributed by atoms with Crippen LogP contribution < -0.4 is 5.32 Å². The average molecular weight is 493 g/mol. The topological polar surface area (TPSA) is 49.4 Å². The van der Waals surface area contributed by atoms with Gasteiger partial charge >= 0.3 is 0 Å². The lowest BCUT2D eigenvalue weighted by Gasteiger charge is -2.32. The van der Waals surface area contributed by atoms with E-state index in [4.69, 9.17) is 0 Å². The molecule has 37 heavy (non-hydrogen) atoms. The quantitative estimate of drug-likeness (QED) is 0.269. The van der Waals surface area contributed by atoms with Gasteiger partial charge in [0, 0.05) is 25.9 Å². The number of hydrogen-bond donors (Lipinski definition) is 1. The minimum absolute atomic E-state index is 0.0129. The van der Waals surface area contributed by atoms with Gasteiger partial charge in [-0.15, -0.1) is 0 Å². The van der Waals surface area contributed by atoms with Crippen LogP contribution in [0.15, 0.2) is 97.1 Å². The number of rotatable bonds is 11. The third-order valence-corrected chi connectivity index (χ3v) is 6.78. The molecule has 0 unspecified atom stereocenters. The molecule has 2 amide bonds. The van der Waals surface area contributed by atoms with Gasteiger partial charge in [-0.2, -0.15) is 0 Å². The summed E-state index contributed by atoms with van der Waals surface area (Å²) in [6.07, 6.45) is 2.28. The van der Waals surface area contributed by atoms with Crippen molar-refractivity contribution >= 4 is 22.6 Å². The number of benzene rings is 4. The summed E-state index contributed by atoms with van der Waals surface area (Å²) in [4.78, 5) is 29.1. The molecule has 4 nitrogen and oxygen atoms in total. The summed E-state index contributed by atoms with van der Waals surface area (Å²) in [5, 5.41) is 5.39. The molecule has 4 aromatic carbocycles. The Morgan fingerprint density at radius 1 is 0.811 bits per heavy atom. The molecular formula is C33H36N2O2. The average Bonchev–Trinajstić information content (AvgIpc) is 2.93. The molecule has 4 aromatic rings. The van der Waals surface area contributed by atoms with Crippen molar-refractivity contribution in [2.75, 3.05) is 6.54 Å². The summed E-state index contributed by atoms with van der Waals surface area (Å²) in [6, 6.07) is 32.1. The maximum Gasteiger partial charge on any atom is 0.243 e. The van der Waals surface area contributed by atoms with Crippen LogP contribution in [0.5, 0.6) is 0 Å². The van der Waals surface area contributed by atoms with Gasteiger partial charge in [0.15, 0.2) is 0 Å². The van der Waals surface area contributed by atoms with E-state index in [2.05, 4.69) is 41.7 Å². The minimum Gasteiger partial charge on any atom is -0.354 e. The molecule has 190 valence electrons. The van der Waals surface area contributed by atoms with Crippen molar-refractivity contribution < 1.29 is 9.59 Å². The van der Waals surface area contributed by atoms with Crippen molar-refractivity contribution in [2.45, 2.75) is 52.1 Å². The highest BCUT2D eigenvalue weighted by Crippen LogP contribution is 2.22. The van der Waals surface area contributed by atoms with Crippen LogP contribution in [0.3, 0.4) is 0 Å². The molecule has 0 heterocycles. The number of amides is 2. The van der Waals surface area contributed by atoms with Gasteiger partial charge in [0.1, 0.15) is 6.04 Å². The highest BCUT2D eigenvalue weighted by atomic mass is 16.2. The van der Waals surface area contributed by atoms with Crippen LogP contribution in [0.4, 0.5) is 0 Å². The Bertz CT molecular complexity index is 1310. The van der Waals surface area contributed by atoms with Gasteiger partial charge < -0.3 is 10.2 Å². The molecule has 0 aliphatic heterocycles. The summed E-state index contributed by atoms with van der Waals surface area (Å²) in [6.45, 7) is 5.07. The second-order valence-electron chi connectivity index (χ2n) is 9.64. The first-order valence-corrected chi connectivity index (χ1v) is 13.2. The van der Waals surface area contributed by atoms with Gasteiger partial charge in [-0.1, -0.05) is 110 Å². The third kappa shape index (κ3) is 7.07. The summed E-state index contributed by atoms with van der Waals surface area (Å²) in [5.41, 5.74) is 4.37. The molecule has 0 saturated carbocycles. The van der Waals surface area contributed by atoms with E-state index in [-0.39, 0.29) is 11.8 Å². The van der Waals surface area contributed by atoms with Gasteiger partial charge in [0.2, 0.25) is 11.8 Å². The number of nitrogens with zero attached hydrogens (tertiary/aromatic N) is 1. The lowest BCUT2D eigenvalue weighted by molar-refractivity contribution is -0.141. The molecule has 0 bridgehead atoms. The third-order valence-electron chi connectivity index (χ3n) is 6.78. The molecule has 4 rings (SSSR count). The molecule has 1 N–H and O–H groups in total. The standard InChI is InChI=1S/C33H36N2O2/c1-3-22-34-33(37)31(23-26-10-5-4-6-11-26)35(24-27-18-16-25(2)17-19-27)32(36)21-20-29-14-9-13-28-12-7-8-15-30(28)29/h4-19,31H,3,20-24H2,1-2H3,(H,34,37)/t31-/m0/s1. The molecule has 0 radical (unpaired) electrons. The molecule has 0 aromatic heterocycles. The summed E-state index contributed by atoms with van der Waals surface area (Å²) < 4.78 is 0. The number of hydrogen-bond acceptors (Lipinski definition) is 2. The van der Waals surface area contributed by atoms with Crippen LogP contribution in [0, 0.1) is 6.92 Å². The van der Waals surface area contributed by atoms with E-state index in [9.17, 15) is 9.59 Å². The van der Waals surface area contributed by atoms with E-state index in [1.165, 1.54) is 16.3 Å². The summed E-state index contributed by atoms with van der Waals surface area (Å²) in [5.74, 6) is -0.114. The maximum atomic E-state index is 13.9. The molecule has 0 aliphatic rings. The van der Waals surface area contributed by atoms with E-state index in [1.54, 1.807) is 4.90 Å². The first-order valence-electron chi connectivity index (χ1n) is 13.2. The van der Waals surface area contributed by atoms with E-state index in [0.717, 1.165) is 23.1 Å². The first-order chi connectivity index (χ1) is 18.0. The van der Waals surface area contributed by atoms with E-state index in [0.29, 0.717) is 32.4 Å². The second-order valence-corrected chi connectivity index (χ2v) is 9.64. The molecule has 4 heteroatoms. The van der Waals surface area contributed by atoms with Crippen LogP contribution in [-0.4, -0.2) is 29.3 Å². The van der Waals surface area contributed by atoms with Crippen molar-refractivity contribution in [1.82, 2.24) is 10.2 Å². The highest BCUT2D eigenvalue weighted by Gasteiger charge is 2.30. The fourth-order valence-electron chi connectivity index (χ4n) is 4.71. The Hall–Kier alpha value is -3.92. The number of carbonyl (C=O) groups is 2. The number of nitrogens with one attached hydrogen (secondary N) is 1. The zero-order valence-electron chi connectivity index (χ0n) is 21.8. The van der Waals surface area contributed by atoms with Crippen molar-refractivity contribution in [3.05, 3.63) is 119 Å². The predicted molar refractivity (Wildman–Crippen MR) is 151 cm³/mol. The first kappa shape index (κ1) is 26.2. The maximum absolute atomic E-state index is 13.9. The number of aryl methyl sites for hydroxylation is 2. The molecule has 0 aliphatic carbocycles. The summed E-state index contributed by atoms with van der Waals surface area (Å²) in [7, 11) is 0. The smallest absolute Gasteiger partial charge is 0.243 e. The SMILES string of the molecule is CCCNC(=O)[C@H](Cc1ccccc1)N(Cc1ccc(C)cc1)C(=O)CCc1cccc2ccccc12. The van der Waals surface area contributed by atoms with Crippen LogP contribution in [0.2, 0.25) is 0 Å². The van der Waals surface area contributed by atoms with Gasteiger partial charge in [0.05, 0.1) is 0 Å². The fourth-order valence-corrected chi connectivity index (χ4v) is 4.71. The van der Waals surface area contributed by atoms with Crippen molar-refractivity contribution in [2.24, 2.45) is 0 Å². The zero-order chi connectivity index (χ0) is 26.0. The Balaban J connectivity index is 1.62. The molecule has 0 saturated heterocycles. The zero-order valence-corrected chi connectivity index (χ0v) is 21.8. The Labute approximate surface area is 220 Å². The van der Waals surface area contributed by atoms with E-state index < -0.39 is 6.04 Å². The van der Waals surface area contributed by atoms with Crippen LogP contribution >= 0.6 is 0 Å². The van der Waals surface area contributed by atoms with Crippen LogP contribution in [-0.2, 0) is 29.0 Å². The van der Waals surface area contributed by atoms with Crippen LogP contribution in [0.25, 0.3) is 10.8 Å². The lowest BCUT2D eigenvalue weighted by atomic mass is 9.99. The second kappa shape index (κ2) is 12.9. The summed E-state index contributed by atoms with van der Waals surface area (Å²) >= 11 is 0. The number of fused-ring (bicyclic) bond motifs is 1. The van der Waals surface area contributed by atoms with Crippen molar-refractivity contribution in [3.63, 3.8) is 0 Å².